The molecule has 1 aliphatic heterocycles. The fourth-order valence-electron chi connectivity index (χ4n) is 1.41. The summed E-state index contributed by atoms with van der Waals surface area (Å²) in [5.41, 5.74) is 0.995. The fourth-order valence-corrected chi connectivity index (χ4v) is 1.94. The first-order valence-electron chi connectivity index (χ1n) is 4.44. The van der Waals surface area contributed by atoms with Crippen LogP contribution in [0.25, 0.3) is 0 Å². The molecule has 0 unspecified atom stereocenters. The zero-order chi connectivity index (χ0) is 10.1. The van der Waals surface area contributed by atoms with Crippen LogP contribution < -0.4 is 9.47 Å². The zero-order valence-electron chi connectivity index (χ0n) is 7.77. The van der Waals surface area contributed by atoms with Gasteiger partial charge in [-0.1, -0.05) is 11.6 Å². The Morgan fingerprint density at radius 1 is 1.36 bits per heavy atom. The van der Waals surface area contributed by atoms with Crippen molar-refractivity contribution in [2.24, 2.45) is 0 Å². The second-order valence-electron chi connectivity index (χ2n) is 3.18. The molecule has 76 valence electrons. The lowest BCUT2D eigenvalue weighted by Crippen LogP contribution is -1.98. The third-order valence-electron chi connectivity index (χ3n) is 2.15. The van der Waals surface area contributed by atoms with Crippen LogP contribution in [0.3, 0.4) is 0 Å². The molecule has 0 saturated heterocycles. The van der Waals surface area contributed by atoms with Gasteiger partial charge in [-0.25, -0.2) is 0 Å². The predicted octanol–water partition coefficient (Wildman–Crippen LogP) is 3.57. The average molecular weight is 278 g/mol. The summed E-state index contributed by atoms with van der Waals surface area (Å²) in [4.78, 5) is 0. The van der Waals surface area contributed by atoms with Crippen LogP contribution >= 0.6 is 27.5 Å². The zero-order valence-corrected chi connectivity index (χ0v) is 10.1. The molecule has 0 radical (unpaired) electrons. The van der Waals surface area contributed by atoms with Crippen molar-refractivity contribution in [3.8, 4) is 11.5 Å². The maximum atomic E-state index is 6.02. The second-order valence-corrected chi connectivity index (χ2v) is 4.38. The summed E-state index contributed by atoms with van der Waals surface area (Å²) < 4.78 is 12.0. The van der Waals surface area contributed by atoms with E-state index in [1.54, 1.807) is 6.07 Å². The van der Waals surface area contributed by atoms with Crippen LogP contribution in [0.15, 0.2) is 10.5 Å². The highest BCUT2D eigenvalue weighted by Crippen LogP contribution is 2.41. The molecule has 0 amide bonds. The van der Waals surface area contributed by atoms with Crippen molar-refractivity contribution in [3.63, 3.8) is 0 Å². The molecule has 0 spiro atoms. The van der Waals surface area contributed by atoms with Crippen molar-refractivity contribution in [2.75, 3.05) is 13.2 Å². The Hall–Kier alpha value is -0.410. The molecule has 2 rings (SSSR count). The van der Waals surface area contributed by atoms with Gasteiger partial charge in [-0.3, -0.25) is 0 Å². The van der Waals surface area contributed by atoms with E-state index in [2.05, 4.69) is 15.9 Å². The van der Waals surface area contributed by atoms with Crippen molar-refractivity contribution in [1.29, 1.82) is 0 Å². The Kier molecular flexibility index (Phi) is 2.88. The number of benzene rings is 1. The molecule has 1 aromatic carbocycles. The Labute approximate surface area is 96.3 Å². The largest absolute Gasteiger partial charge is 0.489 e. The first kappa shape index (κ1) is 10.1. The molecule has 1 aromatic rings. The molecule has 1 aliphatic rings. The van der Waals surface area contributed by atoms with Crippen LogP contribution in [-0.2, 0) is 0 Å². The Morgan fingerprint density at radius 3 is 2.86 bits per heavy atom. The molecule has 0 N–H and O–H groups in total. The van der Waals surface area contributed by atoms with Crippen LogP contribution in [0.2, 0.25) is 5.02 Å². The second kappa shape index (κ2) is 3.99. The van der Waals surface area contributed by atoms with Crippen molar-refractivity contribution in [1.82, 2.24) is 0 Å². The van der Waals surface area contributed by atoms with Crippen LogP contribution in [0.1, 0.15) is 12.0 Å². The van der Waals surface area contributed by atoms with E-state index in [1.165, 1.54) is 0 Å². The number of hydrogen-bond donors (Lipinski definition) is 0. The van der Waals surface area contributed by atoms with Crippen molar-refractivity contribution >= 4 is 27.5 Å². The maximum absolute atomic E-state index is 6.02. The number of ether oxygens (including phenoxy) is 2. The van der Waals surface area contributed by atoms with E-state index in [4.69, 9.17) is 21.1 Å². The van der Waals surface area contributed by atoms with Gasteiger partial charge < -0.3 is 9.47 Å². The van der Waals surface area contributed by atoms with E-state index in [1.807, 2.05) is 6.92 Å². The minimum atomic E-state index is 0.659. The lowest BCUT2D eigenvalue weighted by molar-refractivity contribution is 0.296. The first-order chi connectivity index (χ1) is 6.70. The third kappa shape index (κ3) is 1.71. The number of halogens is 2. The summed E-state index contributed by atoms with van der Waals surface area (Å²) >= 11 is 9.44. The van der Waals surface area contributed by atoms with E-state index < -0.39 is 0 Å². The molecule has 0 aromatic heterocycles. The van der Waals surface area contributed by atoms with E-state index in [-0.39, 0.29) is 0 Å². The molecular formula is C10H10BrClO2. The molecule has 0 atom stereocenters. The molecule has 0 bridgehead atoms. The van der Waals surface area contributed by atoms with Crippen LogP contribution in [0.5, 0.6) is 11.5 Å². The lowest BCUT2D eigenvalue weighted by atomic mass is 10.2. The number of fused-ring (bicyclic) bond motifs is 1. The Balaban J connectivity index is 2.55. The summed E-state index contributed by atoms with van der Waals surface area (Å²) in [5.74, 6) is 1.55. The lowest BCUT2D eigenvalue weighted by Gasteiger charge is -2.12. The van der Waals surface area contributed by atoms with Gasteiger partial charge in [-0.05, 0) is 22.9 Å². The molecular weight excluding hydrogens is 267 g/mol. The van der Waals surface area contributed by atoms with Gasteiger partial charge in [0.15, 0.2) is 11.5 Å². The molecule has 1 heterocycles. The van der Waals surface area contributed by atoms with Gasteiger partial charge in [0.25, 0.3) is 0 Å². The van der Waals surface area contributed by atoms with Gasteiger partial charge >= 0.3 is 0 Å². The van der Waals surface area contributed by atoms with E-state index >= 15 is 0 Å². The monoisotopic (exact) mass is 276 g/mol. The van der Waals surface area contributed by atoms with Gasteiger partial charge in [-0.2, -0.15) is 0 Å². The Morgan fingerprint density at radius 2 is 2.07 bits per heavy atom. The standard InChI is InChI=1S/C10H10BrClO2/c1-6-9(11)7(12)5-8-10(6)14-4-2-3-13-8/h5H,2-4H2,1H3. The SMILES string of the molecule is Cc1c(Br)c(Cl)cc2c1OCCCO2. The van der Waals surface area contributed by atoms with Gasteiger partial charge in [0, 0.05) is 22.5 Å². The average Bonchev–Trinajstić information content (AvgIpc) is 2.39. The highest BCUT2D eigenvalue weighted by molar-refractivity contribution is 9.10. The number of hydrogen-bond acceptors (Lipinski definition) is 2. The van der Waals surface area contributed by atoms with Crippen LogP contribution in [0.4, 0.5) is 0 Å². The quantitative estimate of drug-likeness (QED) is 0.722. The summed E-state index contributed by atoms with van der Waals surface area (Å²) in [6.07, 6.45) is 0.906. The van der Waals surface area contributed by atoms with E-state index in [9.17, 15) is 0 Å². The maximum Gasteiger partial charge on any atom is 0.165 e. The predicted molar refractivity (Wildman–Crippen MR) is 59.5 cm³/mol. The van der Waals surface area contributed by atoms with Gasteiger partial charge in [0.05, 0.1) is 18.2 Å². The minimum Gasteiger partial charge on any atom is -0.489 e. The molecule has 0 fully saturated rings. The smallest absolute Gasteiger partial charge is 0.165 e. The summed E-state index contributed by atoms with van der Waals surface area (Å²) in [6.45, 7) is 3.34. The molecule has 4 heteroatoms. The molecule has 0 saturated carbocycles. The summed E-state index contributed by atoms with van der Waals surface area (Å²) in [7, 11) is 0. The van der Waals surface area contributed by atoms with Crippen molar-refractivity contribution < 1.29 is 9.47 Å². The molecule has 0 aliphatic carbocycles. The fraction of sp³-hybridized carbons (Fsp3) is 0.400. The molecule has 14 heavy (non-hydrogen) atoms. The summed E-state index contributed by atoms with van der Waals surface area (Å²) in [5, 5.41) is 0.659. The van der Waals surface area contributed by atoms with Crippen molar-refractivity contribution in [3.05, 3.63) is 21.1 Å². The normalized spacial score (nSPS) is 15.1. The first-order valence-corrected chi connectivity index (χ1v) is 5.61. The van der Waals surface area contributed by atoms with Crippen LogP contribution in [-0.4, -0.2) is 13.2 Å². The summed E-state index contributed by atoms with van der Waals surface area (Å²) in [6, 6.07) is 1.79. The minimum absolute atomic E-state index is 0.659. The van der Waals surface area contributed by atoms with E-state index in [0.717, 1.165) is 28.0 Å². The van der Waals surface area contributed by atoms with Crippen LogP contribution in [0, 0.1) is 6.92 Å². The van der Waals surface area contributed by atoms with Gasteiger partial charge in [0.1, 0.15) is 0 Å². The van der Waals surface area contributed by atoms with E-state index in [0.29, 0.717) is 18.2 Å². The highest BCUT2D eigenvalue weighted by Gasteiger charge is 2.17. The van der Waals surface area contributed by atoms with Crippen molar-refractivity contribution in [2.45, 2.75) is 13.3 Å². The van der Waals surface area contributed by atoms with Gasteiger partial charge in [0.2, 0.25) is 0 Å². The highest BCUT2D eigenvalue weighted by atomic mass is 79.9. The third-order valence-corrected chi connectivity index (χ3v) is 3.70. The number of rotatable bonds is 0. The molecule has 2 nitrogen and oxygen atoms in total. The topological polar surface area (TPSA) is 18.5 Å². The van der Waals surface area contributed by atoms with Gasteiger partial charge in [-0.15, -0.1) is 0 Å². The Bertz CT molecular complexity index is 366.